The molecule has 0 amide bonds. The van der Waals surface area contributed by atoms with E-state index in [0.717, 1.165) is 30.9 Å². The highest BCUT2D eigenvalue weighted by Gasteiger charge is 2.11. The standard InChI is InChI=1S/C12H4Br2Cl2O/c13-7-1-5-6-2-9(15)10(16)4-12(6)17-11(5)3-8(7)14/h1-4H. The smallest absolute Gasteiger partial charge is 0.137 e. The quantitative estimate of drug-likeness (QED) is 0.429. The van der Waals surface area contributed by atoms with Crippen LogP contribution in [-0.4, -0.2) is 0 Å². The van der Waals surface area contributed by atoms with Gasteiger partial charge in [-0.1, -0.05) is 23.2 Å². The van der Waals surface area contributed by atoms with Gasteiger partial charge >= 0.3 is 0 Å². The molecule has 0 atom stereocenters. The second-order valence-corrected chi connectivity index (χ2v) is 6.15. The summed E-state index contributed by atoms with van der Waals surface area (Å²) in [5, 5.41) is 2.99. The number of fused-ring (bicyclic) bond motifs is 3. The van der Waals surface area contributed by atoms with Gasteiger partial charge in [0.2, 0.25) is 0 Å². The molecule has 0 fully saturated rings. The predicted octanol–water partition coefficient (Wildman–Crippen LogP) is 6.42. The molecule has 0 aliphatic heterocycles. The van der Waals surface area contributed by atoms with Crippen LogP contribution in [0.1, 0.15) is 0 Å². The fraction of sp³-hybridized carbons (Fsp3) is 0. The summed E-state index contributed by atoms with van der Waals surface area (Å²) in [7, 11) is 0. The van der Waals surface area contributed by atoms with Crippen molar-refractivity contribution in [3.8, 4) is 0 Å². The Morgan fingerprint density at radius 3 is 2.06 bits per heavy atom. The molecule has 0 unspecified atom stereocenters. The fourth-order valence-electron chi connectivity index (χ4n) is 1.77. The molecule has 0 saturated heterocycles. The number of furan rings is 1. The first-order valence-electron chi connectivity index (χ1n) is 4.72. The van der Waals surface area contributed by atoms with Crippen molar-refractivity contribution in [3.05, 3.63) is 43.3 Å². The van der Waals surface area contributed by atoms with Crippen LogP contribution in [0, 0.1) is 0 Å². The third-order valence-corrected chi connectivity index (χ3v) is 5.12. The summed E-state index contributed by atoms with van der Waals surface area (Å²) in [5.74, 6) is 0. The Hall–Kier alpha value is -0.220. The van der Waals surface area contributed by atoms with E-state index in [9.17, 15) is 0 Å². The molecule has 17 heavy (non-hydrogen) atoms. The lowest BCUT2D eigenvalue weighted by atomic mass is 10.1. The van der Waals surface area contributed by atoms with Gasteiger partial charge in [-0.05, 0) is 50.1 Å². The molecule has 0 bridgehead atoms. The summed E-state index contributed by atoms with van der Waals surface area (Å²) < 4.78 is 7.65. The van der Waals surface area contributed by atoms with Crippen molar-refractivity contribution in [2.24, 2.45) is 0 Å². The molecule has 0 radical (unpaired) electrons. The van der Waals surface area contributed by atoms with Crippen molar-refractivity contribution in [2.45, 2.75) is 0 Å². The SMILES string of the molecule is Clc1cc2oc3cc(Br)c(Br)cc3c2cc1Cl. The number of benzene rings is 2. The van der Waals surface area contributed by atoms with Gasteiger partial charge < -0.3 is 4.42 Å². The minimum Gasteiger partial charge on any atom is -0.456 e. The maximum atomic E-state index is 6.02. The normalized spacial score (nSPS) is 11.5. The molecule has 0 spiro atoms. The number of hydrogen-bond donors (Lipinski definition) is 0. The number of hydrogen-bond acceptors (Lipinski definition) is 1. The van der Waals surface area contributed by atoms with E-state index in [-0.39, 0.29) is 0 Å². The Morgan fingerprint density at radius 1 is 0.765 bits per heavy atom. The zero-order chi connectivity index (χ0) is 12.2. The second-order valence-electron chi connectivity index (χ2n) is 3.63. The van der Waals surface area contributed by atoms with Gasteiger partial charge in [0.15, 0.2) is 0 Å². The lowest BCUT2D eigenvalue weighted by molar-refractivity contribution is 0.668. The highest BCUT2D eigenvalue weighted by Crippen LogP contribution is 2.38. The van der Waals surface area contributed by atoms with Gasteiger partial charge in [0.25, 0.3) is 0 Å². The van der Waals surface area contributed by atoms with Crippen molar-refractivity contribution in [1.29, 1.82) is 0 Å². The minimum absolute atomic E-state index is 0.497. The third-order valence-electron chi connectivity index (χ3n) is 2.56. The molecular formula is C12H4Br2Cl2O. The van der Waals surface area contributed by atoms with Crippen LogP contribution in [0.5, 0.6) is 0 Å². The van der Waals surface area contributed by atoms with Crippen LogP contribution >= 0.6 is 55.1 Å². The zero-order valence-corrected chi connectivity index (χ0v) is 12.9. The van der Waals surface area contributed by atoms with Crippen LogP contribution in [0.2, 0.25) is 10.0 Å². The average molecular weight is 395 g/mol. The number of rotatable bonds is 0. The van der Waals surface area contributed by atoms with E-state index in [4.69, 9.17) is 27.6 Å². The van der Waals surface area contributed by atoms with Crippen molar-refractivity contribution in [2.75, 3.05) is 0 Å². The first-order chi connectivity index (χ1) is 8.06. The van der Waals surface area contributed by atoms with E-state index in [2.05, 4.69) is 31.9 Å². The number of halogens is 4. The van der Waals surface area contributed by atoms with Gasteiger partial charge in [-0.15, -0.1) is 0 Å². The van der Waals surface area contributed by atoms with Crippen LogP contribution in [0.25, 0.3) is 21.9 Å². The summed E-state index contributed by atoms with van der Waals surface area (Å²) in [5.41, 5.74) is 1.54. The van der Waals surface area contributed by atoms with Gasteiger partial charge in [0.1, 0.15) is 11.2 Å². The first-order valence-corrected chi connectivity index (χ1v) is 7.07. The topological polar surface area (TPSA) is 13.1 Å². The van der Waals surface area contributed by atoms with Gasteiger partial charge in [-0.25, -0.2) is 0 Å². The summed E-state index contributed by atoms with van der Waals surface area (Å²) in [6, 6.07) is 7.48. The Labute approximate surface area is 124 Å². The van der Waals surface area contributed by atoms with E-state index in [1.165, 1.54) is 0 Å². The molecular weight excluding hydrogens is 391 g/mol. The Kier molecular flexibility index (Phi) is 2.90. The zero-order valence-electron chi connectivity index (χ0n) is 8.23. The lowest BCUT2D eigenvalue weighted by Crippen LogP contribution is -1.72. The predicted molar refractivity (Wildman–Crippen MR) is 79.1 cm³/mol. The molecule has 0 aliphatic carbocycles. The molecule has 2 aromatic carbocycles. The lowest BCUT2D eigenvalue weighted by Gasteiger charge is -1.96. The monoisotopic (exact) mass is 392 g/mol. The fourth-order valence-corrected chi connectivity index (χ4v) is 2.75. The summed E-state index contributed by atoms with van der Waals surface area (Å²) in [6.07, 6.45) is 0. The van der Waals surface area contributed by atoms with Crippen LogP contribution < -0.4 is 0 Å². The van der Waals surface area contributed by atoms with Gasteiger partial charge in [-0.2, -0.15) is 0 Å². The van der Waals surface area contributed by atoms with E-state index in [1.54, 1.807) is 6.07 Å². The van der Waals surface area contributed by atoms with E-state index >= 15 is 0 Å². The summed E-state index contributed by atoms with van der Waals surface area (Å²) in [6.45, 7) is 0. The van der Waals surface area contributed by atoms with Crippen molar-refractivity contribution < 1.29 is 4.42 Å². The molecule has 3 aromatic rings. The van der Waals surface area contributed by atoms with E-state index < -0.39 is 0 Å². The molecule has 5 heteroatoms. The molecule has 1 nitrogen and oxygen atoms in total. The van der Waals surface area contributed by atoms with E-state index in [0.29, 0.717) is 10.0 Å². The first kappa shape index (κ1) is 11.8. The van der Waals surface area contributed by atoms with Crippen LogP contribution in [-0.2, 0) is 0 Å². The Morgan fingerprint density at radius 2 is 1.29 bits per heavy atom. The van der Waals surface area contributed by atoms with Crippen molar-refractivity contribution in [1.82, 2.24) is 0 Å². The largest absolute Gasteiger partial charge is 0.456 e. The van der Waals surface area contributed by atoms with Gasteiger partial charge in [0.05, 0.1) is 10.0 Å². The van der Waals surface area contributed by atoms with Crippen LogP contribution in [0.15, 0.2) is 37.6 Å². The molecule has 86 valence electrons. The molecule has 3 rings (SSSR count). The molecule has 0 saturated carbocycles. The maximum Gasteiger partial charge on any atom is 0.137 e. The molecule has 1 aromatic heterocycles. The second kappa shape index (κ2) is 4.16. The van der Waals surface area contributed by atoms with Crippen molar-refractivity contribution >= 4 is 77.0 Å². The van der Waals surface area contributed by atoms with Crippen molar-refractivity contribution in [3.63, 3.8) is 0 Å². The Balaban J connectivity index is 2.51. The summed E-state index contributed by atoms with van der Waals surface area (Å²) >= 11 is 18.9. The third kappa shape index (κ3) is 1.89. The molecule has 0 N–H and O–H groups in total. The van der Waals surface area contributed by atoms with Gasteiger partial charge in [0, 0.05) is 25.8 Å². The highest BCUT2D eigenvalue weighted by atomic mass is 79.9. The molecule has 1 heterocycles. The highest BCUT2D eigenvalue weighted by molar-refractivity contribution is 9.13. The van der Waals surface area contributed by atoms with E-state index in [1.807, 2.05) is 18.2 Å². The Bertz CT molecular complexity index is 687. The molecule has 0 aliphatic rings. The maximum absolute atomic E-state index is 6.02. The average Bonchev–Trinajstić information content (AvgIpc) is 2.58. The minimum atomic E-state index is 0.497. The summed E-state index contributed by atoms with van der Waals surface area (Å²) in [4.78, 5) is 0. The van der Waals surface area contributed by atoms with Crippen LogP contribution in [0.3, 0.4) is 0 Å². The van der Waals surface area contributed by atoms with Crippen LogP contribution in [0.4, 0.5) is 0 Å². The van der Waals surface area contributed by atoms with Gasteiger partial charge in [-0.3, -0.25) is 0 Å².